The molecular weight excluding hydrogens is 294 g/mol. The summed E-state index contributed by atoms with van der Waals surface area (Å²) in [7, 11) is 0. The van der Waals surface area contributed by atoms with Crippen LogP contribution in [-0.4, -0.2) is 0 Å². The van der Waals surface area contributed by atoms with Crippen LogP contribution in [0, 0.1) is 34.6 Å². The van der Waals surface area contributed by atoms with Crippen molar-refractivity contribution in [1.82, 2.24) is 0 Å². The molecule has 2 aromatic carbocycles. The Morgan fingerprint density at radius 2 is 1.09 bits per heavy atom. The predicted octanol–water partition coefficient (Wildman–Crippen LogP) is 3.05. The Morgan fingerprint density at radius 3 is 1.61 bits per heavy atom. The van der Waals surface area contributed by atoms with Gasteiger partial charge in [0.2, 0.25) is 0 Å². The average Bonchev–Trinajstić information content (AvgIpc) is 2.55. The lowest BCUT2D eigenvalue weighted by molar-refractivity contribution is 0.482. The lowest BCUT2D eigenvalue weighted by atomic mass is 10.0. The van der Waals surface area contributed by atoms with Crippen molar-refractivity contribution in [1.29, 1.82) is 15.8 Å². The molecule has 0 N–H and O–H groups in total. The summed E-state index contributed by atoms with van der Waals surface area (Å²) in [4.78, 5) is 0. The molecule has 6 nitrogen and oxygen atoms in total. The van der Waals surface area contributed by atoms with E-state index in [1.165, 1.54) is 6.07 Å². The van der Waals surface area contributed by atoms with E-state index in [0.29, 0.717) is 23.7 Å². The third-order valence-corrected chi connectivity index (χ3v) is 3.06. The van der Waals surface area contributed by atoms with Gasteiger partial charge in [-0.15, -0.1) is 15.8 Å². The van der Waals surface area contributed by atoms with E-state index in [0.717, 1.165) is 17.5 Å². The molecule has 0 aromatic heterocycles. The summed E-state index contributed by atoms with van der Waals surface area (Å²) in [5.41, 5.74) is 1.94. The quantitative estimate of drug-likeness (QED) is 0.760. The first-order valence-corrected chi connectivity index (χ1v) is 6.66. The Kier molecular flexibility index (Phi) is 5.41. The van der Waals surface area contributed by atoms with Gasteiger partial charge in [-0.2, -0.15) is 0 Å². The van der Waals surface area contributed by atoms with Gasteiger partial charge < -0.3 is 14.2 Å². The van der Waals surface area contributed by atoms with Crippen molar-refractivity contribution in [3.8, 4) is 36.0 Å². The number of hydrogen-bond acceptors (Lipinski definition) is 6. The highest BCUT2D eigenvalue weighted by Crippen LogP contribution is 2.24. The van der Waals surface area contributed by atoms with Crippen LogP contribution in [0.4, 0.5) is 0 Å². The molecule has 2 aromatic rings. The number of hydrogen-bond donors (Lipinski definition) is 0. The van der Waals surface area contributed by atoms with E-state index in [1.54, 1.807) is 43.0 Å². The molecule has 0 radical (unpaired) electrons. The van der Waals surface area contributed by atoms with Crippen molar-refractivity contribution >= 4 is 0 Å². The summed E-state index contributed by atoms with van der Waals surface area (Å²) in [5, 5.41) is 25.6. The summed E-state index contributed by atoms with van der Waals surface area (Å²) >= 11 is 0. The van der Waals surface area contributed by atoms with Crippen LogP contribution in [0.1, 0.15) is 11.1 Å². The van der Waals surface area contributed by atoms with Gasteiger partial charge in [0.25, 0.3) is 18.8 Å². The molecule has 6 heteroatoms. The number of benzene rings is 2. The maximum Gasteiger partial charge on any atom is 0.292 e. The van der Waals surface area contributed by atoms with Crippen molar-refractivity contribution < 1.29 is 14.2 Å². The number of ether oxygens (including phenoxy) is 3. The van der Waals surface area contributed by atoms with Crippen LogP contribution in [0.3, 0.4) is 0 Å². The number of rotatable bonds is 6. The van der Waals surface area contributed by atoms with Crippen molar-refractivity contribution in [3.63, 3.8) is 0 Å². The summed E-state index contributed by atoms with van der Waals surface area (Å²) in [6.45, 7) is 0. The zero-order valence-corrected chi connectivity index (χ0v) is 12.0. The van der Waals surface area contributed by atoms with Crippen LogP contribution in [0.2, 0.25) is 0 Å². The van der Waals surface area contributed by atoms with Crippen molar-refractivity contribution in [2.45, 2.75) is 12.8 Å². The maximum absolute atomic E-state index is 8.60. The van der Waals surface area contributed by atoms with Crippen LogP contribution in [0.5, 0.6) is 17.2 Å². The number of nitriles is 3. The van der Waals surface area contributed by atoms with Crippen LogP contribution in [-0.2, 0) is 12.8 Å². The van der Waals surface area contributed by atoms with E-state index in [9.17, 15) is 0 Å². The topological polar surface area (TPSA) is 99.1 Å². The van der Waals surface area contributed by atoms with Crippen molar-refractivity contribution in [3.05, 3.63) is 53.6 Å². The Balaban J connectivity index is 2.08. The van der Waals surface area contributed by atoms with Crippen LogP contribution >= 0.6 is 0 Å². The van der Waals surface area contributed by atoms with Gasteiger partial charge in [-0.3, -0.25) is 0 Å². The average molecular weight is 305 g/mol. The normalized spacial score (nSPS) is 9.09. The first-order valence-electron chi connectivity index (χ1n) is 6.66. The molecule has 0 amide bonds. The van der Waals surface area contributed by atoms with E-state index in [4.69, 9.17) is 30.0 Å². The Morgan fingerprint density at radius 1 is 0.609 bits per heavy atom. The summed E-state index contributed by atoms with van der Waals surface area (Å²) in [5.74, 6) is 1.14. The highest BCUT2D eigenvalue weighted by molar-refractivity contribution is 5.40. The molecule has 23 heavy (non-hydrogen) atoms. The van der Waals surface area contributed by atoms with Gasteiger partial charge >= 0.3 is 0 Å². The fourth-order valence-corrected chi connectivity index (χ4v) is 2.06. The second-order valence-corrected chi connectivity index (χ2v) is 4.54. The monoisotopic (exact) mass is 305 g/mol. The van der Waals surface area contributed by atoms with E-state index in [2.05, 4.69) is 0 Å². The molecule has 0 spiro atoms. The second-order valence-electron chi connectivity index (χ2n) is 4.54. The fraction of sp³-hybridized carbons (Fsp3) is 0.118. The standard InChI is InChI=1S/C17H11N3O3/c18-10-21-15-5-3-13(4-6-15)1-2-14-7-16(22-11-19)9-17(8-14)23-12-20/h3-9H,1-2H2. The molecule has 0 aliphatic rings. The van der Waals surface area contributed by atoms with Crippen LogP contribution in [0.25, 0.3) is 0 Å². The van der Waals surface area contributed by atoms with Gasteiger partial charge in [0.05, 0.1) is 0 Å². The largest absolute Gasteiger partial charge is 0.388 e. The van der Waals surface area contributed by atoms with E-state index in [1.807, 2.05) is 12.1 Å². The van der Waals surface area contributed by atoms with Gasteiger partial charge in [-0.1, -0.05) is 12.1 Å². The molecule has 112 valence electrons. The number of nitrogens with zero attached hydrogens (tertiary/aromatic N) is 3. The molecule has 0 fully saturated rings. The summed E-state index contributed by atoms with van der Waals surface area (Å²) in [6, 6.07) is 12.1. The molecule has 0 heterocycles. The third-order valence-electron chi connectivity index (χ3n) is 3.06. The van der Waals surface area contributed by atoms with Crippen LogP contribution in [0.15, 0.2) is 42.5 Å². The second kappa shape index (κ2) is 7.93. The molecule has 0 atom stereocenters. The molecule has 0 unspecified atom stereocenters. The smallest absolute Gasteiger partial charge is 0.292 e. The lowest BCUT2D eigenvalue weighted by Crippen LogP contribution is -1.94. The molecule has 0 bridgehead atoms. The van der Waals surface area contributed by atoms with Gasteiger partial charge in [0, 0.05) is 6.07 Å². The zero-order valence-electron chi connectivity index (χ0n) is 12.0. The van der Waals surface area contributed by atoms with Gasteiger partial charge in [-0.25, -0.2) is 0 Å². The fourth-order valence-electron chi connectivity index (χ4n) is 2.06. The molecule has 0 saturated heterocycles. The third kappa shape index (κ3) is 4.67. The molecule has 0 aliphatic heterocycles. The molecular formula is C17H11N3O3. The summed E-state index contributed by atoms with van der Waals surface area (Å²) < 4.78 is 14.3. The first-order chi connectivity index (χ1) is 11.2. The van der Waals surface area contributed by atoms with E-state index in [-0.39, 0.29) is 0 Å². The first kappa shape index (κ1) is 15.7. The molecule has 0 aliphatic carbocycles. The maximum atomic E-state index is 8.60. The Hall–Kier alpha value is -3.69. The Labute approximate surface area is 133 Å². The molecule has 0 saturated carbocycles. The van der Waals surface area contributed by atoms with E-state index < -0.39 is 0 Å². The molecule has 2 rings (SSSR count). The van der Waals surface area contributed by atoms with Gasteiger partial charge in [0.1, 0.15) is 17.2 Å². The Bertz CT molecular complexity index is 762. The highest BCUT2D eigenvalue weighted by Gasteiger charge is 2.05. The highest BCUT2D eigenvalue weighted by atomic mass is 16.5. The van der Waals surface area contributed by atoms with Crippen LogP contribution < -0.4 is 14.2 Å². The minimum atomic E-state index is 0.327. The predicted molar refractivity (Wildman–Crippen MR) is 79.0 cm³/mol. The van der Waals surface area contributed by atoms with Crippen molar-refractivity contribution in [2.24, 2.45) is 0 Å². The van der Waals surface area contributed by atoms with E-state index >= 15 is 0 Å². The van der Waals surface area contributed by atoms with Gasteiger partial charge in [-0.05, 0) is 48.2 Å². The lowest BCUT2D eigenvalue weighted by Gasteiger charge is -2.06. The number of aryl methyl sites for hydroxylation is 2. The SMILES string of the molecule is N#COc1ccc(CCc2cc(OC#N)cc(OC#N)c2)cc1. The minimum absolute atomic E-state index is 0.327. The minimum Gasteiger partial charge on any atom is -0.388 e. The van der Waals surface area contributed by atoms with Crippen molar-refractivity contribution in [2.75, 3.05) is 0 Å². The summed E-state index contributed by atoms with van der Waals surface area (Å²) in [6.07, 6.45) is 6.21. The van der Waals surface area contributed by atoms with Gasteiger partial charge in [0.15, 0.2) is 0 Å². The zero-order chi connectivity index (χ0) is 16.5.